The molecule has 0 bridgehead atoms. The lowest BCUT2D eigenvalue weighted by Crippen LogP contribution is -2.25. The minimum Gasteiger partial charge on any atom is -0.467 e. The summed E-state index contributed by atoms with van der Waals surface area (Å²) in [5.41, 5.74) is 1.02. The van der Waals surface area contributed by atoms with Gasteiger partial charge in [-0.1, -0.05) is 0 Å². The zero-order valence-electron chi connectivity index (χ0n) is 13.7. The molecule has 8 heteroatoms. The summed E-state index contributed by atoms with van der Waals surface area (Å²) in [4.78, 5) is 22.5. The zero-order chi connectivity index (χ0) is 17.6. The summed E-state index contributed by atoms with van der Waals surface area (Å²) in [6.45, 7) is 1.65. The fourth-order valence-electron chi connectivity index (χ4n) is 2.91. The molecule has 0 radical (unpaired) electrons. The molecule has 25 heavy (non-hydrogen) atoms. The van der Waals surface area contributed by atoms with Gasteiger partial charge in [0.1, 0.15) is 5.75 Å². The molecule has 2 heterocycles. The normalized spacial score (nSPS) is 19.4. The Kier molecular flexibility index (Phi) is 5.62. The highest BCUT2D eigenvalue weighted by Crippen LogP contribution is 2.33. The first-order chi connectivity index (χ1) is 12.1. The average Bonchev–Trinajstić information content (AvgIpc) is 3.12. The monoisotopic (exact) mass is 348 g/mol. The Bertz CT molecular complexity index is 682. The number of nitrogens with zero attached hydrogens (tertiary/aromatic N) is 1. The van der Waals surface area contributed by atoms with Gasteiger partial charge in [-0.15, -0.1) is 0 Å². The Morgan fingerprint density at radius 2 is 2.32 bits per heavy atom. The number of rotatable bonds is 6. The van der Waals surface area contributed by atoms with E-state index in [0.29, 0.717) is 23.4 Å². The minimum atomic E-state index is -0.478. The summed E-state index contributed by atoms with van der Waals surface area (Å²) in [5.74, 6) is 0.255. The van der Waals surface area contributed by atoms with E-state index in [0.717, 1.165) is 25.9 Å². The highest BCUT2D eigenvalue weighted by Gasteiger charge is 2.20. The third kappa shape index (κ3) is 4.55. The van der Waals surface area contributed by atoms with E-state index in [1.54, 1.807) is 0 Å². The Hall–Kier alpha value is -2.45. The summed E-state index contributed by atoms with van der Waals surface area (Å²) in [5, 5.41) is 13.8. The number of nitrogens with one attached hydrogen (secondary N) is 1. The van der Waals surface area contributed by atoms with Crippen molar-refractivity contribution < 1.29 is 23.9 Å². The van der Waals surface area contributed by atoms with Gasteiger partial charge in [-0.05, 0) is 25.3 Å². The molecule has 1 saturated heterocycles. The van der Waals surface area contributed by atoms with Gasteiger partial charge in [0.15, 0.2) is 6.79 Å². The number of benzene rings is 1. The number of nitro benzene ring substituents is 1. The second-order valence-electron chi connectivity index (χ2n) is 5.94. The fourth-order valence-corrected chi connectivity index (χ4v) is 2.91. The van der Waals surface area contributed by atoms with Crippen molar-refractivity contribution in [3.05, 3.63) is 39.4 Å². The third-order valence-electron chi connectivity index (χ3n) is 4.14. The molecule has 134 valence electrons. The number of hydrogen-bond donors (Lipinski definition) is 1. The molecule has 1 aromatic carbocycles. The molecule has 1 aromatic rings. The number of carbonyl (C=O) groups is 1. The van der Waals surface area contributed by atoms with Crippen LogP contribution in [0.5, 0.6) is 5.75 Å². The Morgan fingerprint density at radius 3 is 3.08 bits per heavy atom. The highest BCUT2D eigenvalue weighted by molar-refractivity contribution is 5.92. The van der Waals surface area contributed by atoms with Gasteiger partial charge in [0, 0.05) is 42.5 Å². The van der Waals surface area contributed by atoms with Gasteiger partial charge in [-0.2, -0.15) is 0 Å². The summed E-state index contributed by atoms with van der Waals surface area (Å²) in [6.07, 6.45) is 5.99. The van der Waals surface area contributed by atoms with Crippen LogP contribution < -0.4 is 10.1 Å². The SMILES string of the molecule is O=C(/C=C/c1cc([N+](=O)[O-])cc2c1OCOC2)NCC[C@H]1CCCO1. The molecular formula is C17H20N2O6. The van der Waals surface area contributed by atoms with Crippen LogP contribution in [0.4, 0.5) is 5.69 Å². The van der Waals surface area contributed by atoms with Gasteiger partial charge < -0.3 is 19.5 Å². The Morgan fingerprint density at radius 1 is 1.44 bits per heavy atom. The molecule has 2 aliphatic heterocycles. The van der Waals surface area contributed by atoms with Crippen molar-refractivity contribution in [1.29, 1.82) is 0 Å². The van der Waals surface area contributed by atoms with Crippen molar-refractivity contribution in [2.75, 3.05) is 19.9 Å². The number of amides is 1. The van der Waals surface area contributed by atoms with Crippen molar-refractivity contribution in [2.45, 2.75) is 32.0 Å². The van der Waals surface area contributed by atoms with Crippen LogP contribution in [0.1, 0.15) is 30.4 Å². The maximum absolute atomic E-state index is 11.9. The van der Waals surface area contributed by atoms with E-state index in [1.165, 1.54) is 24.3 Å². The van der Waals surface area contributed by atoms with E-state index in [9.17, 15) is 14.9 Å². The Balaban J connectivity index is 1.64. The number of carbonyl (C=O) groups excluding carboxylic acids is 1. The van der Waals surface area contributed by atoms with Crippen molar-refractivity contribution in [2.24, 2.45) is 0 Å². The second kappa shape index (κ2) is 8.09. The standard InChI is InChI=1S/C17H20N2O6/c20-16(18-6-5-15-2-1-7-24-15)4-3-12-8-14(19(21)22)9-13-10-23-11-25-17(12)13/h3-4,8-9,15H,1-2,5-7,10-11H2,(H,18,20)/b4-3+/t15-/m1/s1. The molecule has 8 nitrogen and oxygen atoms in total. The number of fused-ring (bicyclic) bond motifs is 1. The first kappa shape index (κ1) is 17.4. The number of nitro groups is 1. The van der Waals surface area contributed by atoms with Crippen LogP contribution in [0.2, 0.25) is 0 Å². The molecule has 3 rings (SSSR count). The summed E-state index contributed by atoms with van der Waals surface area (Å²) >= 11 is 0. The van der Waals surface area contributed by atoms with Crippen LogP contribution in [0.25, 0.3) is 6.08 Å². The van der Waals surface area contributed by atoms with Gasteiger partial charge in [0.2, 0.25) is 5.91 Å². The molecule has 0 spiro atoms. The minimum absolute atomic E-state index is 0.0636. The lowest BCUT2D eigenvalue weighted by molar-refractivity contribution is -0.385. The predicted molar refractivity (Wildman–Crippen MR) is 89.0 cm³/mol. The van der Waals surface area contributed by atoms with Crippen molar-refractivity contribution in [3.8, 4) is 5.75 Å². The summed E-state index contributed by atoms with van der Waals surface area (Å²) < 4.78 is 16.1. The lowest BCUT2D eigenvalue weighted by atomic mass is 10.1. The second-order valence-corrected chi connectivity index (χ2v) is 5.94. The van der Waals surface area contributed by atoms with E-state index in [2.05, 4.69) is 5.32 Å². The molecular weight excluding hydrogens is 328 g/mol. The predicted octanol–water partition coefficient (Wildman–Crippen LogP) is 2.16. The van der Waals surface area contributed by atoms with Gasteiger partial charge in [0.05, 0.1) is 17.6 Å². The molecule has 0 saturated carbocycles. The molecule has 0 aromatic heterocycles. The molecule has 1 atom stereocenters. The maximum Gasteiger partial charge on any atom is 0.270 e. The molecule has 2 aliphatic rings. The van der Waals surface area contributed by atoms with Gasteiger partial charge in [-0.3, -0.25) is 14.9 Å². The van der Waals surface area contributed by atoms with Crippen LogP contribution in [-0.2, 0) is 20.9 Å². The lowest BCUT2D eigenvalue weighted by Gasteiger charge is -2.19. The highest BCUT2D eigenvalue weighted by atomic mass is 16.7. The van der Waals surface area contributed by atoms with E-state index in [4.69, 9.17) is 14.2 Å². The maximum atomic E-state index is 11.9. The van der Waals surface area contributed by atoms with Crippen LogP contribution in [-0.4, -0.2) is 36.9 Å². The summed E-state index contributed by atoms with van der Waals surface area (Å²) in [6, 6.07) is 2.81. The topological polar surface area (TPSA) is 99.9 Å². The largest absolute Gasteiger partial charge is 0.467 e. The van der Waals surface area contributed by atoms with Crippen LogP contribution >= 0.6 is 0 Å². The van der Waals surface area contributed by atoms with Crippen LogP contribution in [0, 0.1) is 10.1 Å². The van der Waals surface area contributed by atoms with Crippen molar-refractivity contribution >= 4 is 17.7 Å². The zero-order valence-corrected chi connectivity index (χ0v) is 13.7. The van der Waals surface area contributed by atoms with Crippen LogP contribution in [0.3, 0.4) is 0 Å². The molecule has 0 aliphatic carbocycles. The third-order valence-corrected chi connectivity index (χ3v) is 4.14. The van der Waals surface area contributed by atoms with E-state index >= 15 is 0 Å². The van der Waals surface area contributed by atoms with Crippen LogP contribution in [0.15, 0.2) is 18.2 Å². The molecule has 1 fully saturated rings. The van der Waals surface area contributed by atoms with Crippen molar-refractivity contribution in [1.82, 2.24) is 5.32 Å². The number of hydrogen-bond acceptors (Lipinski definition) is 6. The first-order valence-electron chi connectivity index (χ1n) is 8.23. The smallest absolute Gasteiger partial charge is 0.270 e. The first-order valence-corrected chi connectivity index (χ1v) is 8.23. The van der Waals surface area contributed by atoms with Gasteiger partial charge in [0.25, 0.3) is 5.69 Å². The van der Waals surface area contributed by atoms with Gasteiger partial charge in [-0.25, -0.2) is 0 Å². The van der Waals surface area contributed by atoms with E-state index < -0.39 is 4.92 Å². The van der Waals surface area contributed by atoms with Crippen molar-refractivity contribution in [3.63, 3.8) is 0 Å². The van der Waals surface area contributed by atoms with Gasteiger partial charge >= 0.3 is 0 Å². The molecule has 1 N–H and O–H groups in total. The number of non-ortho nitro benzene ring substituents is 1. The molecule has 0 unspecified atom stereocenters. The van der Waals surface area contributed by atoms with E-state index in [1.807, 2.05) is 0 Å². The quantitative estimate of drug-likeness (QED) is 0.480. The van der Waals surface area contributed by atoms with E-state index in [-0.39, 0.29) is 31.1 Å². The number of ether oxygens (including phenoxy) is 3. The fraction of sp³-hybridized carbons (Fsp3) is 0.471. The average molecular weight is 348 g/mol. The molecule has 1 amide bonds. The Labute approximate surface area is 144 Å². The summed E-state index contributed by atoms with van der Waals surface area (Å²) in [7, 11) is 0.